The third-order valence-corrected chi connectivity index (χ3v) is 7.46. The molecule has 0 saturated heterocycles. The maximum atomic E-state index is 11.7. The van der Waals surface area contributed by atoms with Crippen molar-refractivity contribution in [3.8, 4) is 0 Å². The fourth-order valence-corrected chi connectivity index (χ4v) is 4.48. The van der Waals surface area contributed by atoms with Gasteiger partial charge in [-0.25, -0.2) is 4.79 Å². The zero-order chi connectivity index (χ0) is 27.4. The predicted molar refractivity (Wildman–Crippen MR) is 136 cm³/mol. The molecule has 5 N–H and O–H groups in total. The third-order valence-electron chi connectivity index (χ3n) is 5.18. The topological polar surface area (TPSA) is 118 Å². The van der Waals surface area contributed by atoms with Gasteiger partial charge in [-0.05, 0) is 19.1 Å². The van der Waals surface area contributed by atoms with E-state index in [0.717, 1.165) is 0 Å². The second-order valence-corrected chi connectivity index (χ2v) is 10.6. The summed E-state index contributed by atoms with van der Waals surface area (Å²) in [6, 6.07) is 26.3. The van der Waals surface area contributed by atoms with E-state index in [4.69, 9.17) is 15.3 Å². The molecule has 3 rings (SSSR count). The molecule has 0 saturated carbocycles. The molecule has 0 aromatic heterocycles. The molecule has 0 aliphatic rings. The van der Waals surface area contributed by atoms with E-state index < -0.39 is 44.4 Å². The van der Waals surface area contributed by atoms with Crippen molar-refractivity contribution >= 4 is 24.3 Å². The first kappa shape index (κ1) is 31.2. The Kier molecular flexibility index (Phi) is 12.7. The van der Waals surface area contributed by atoms with Crippen molar-refractivity contribution in [3.05, 3.63) is 96.6 Å². The van der Waals surface area contributed by atoms with E-state index in [1.165, 1.54) is 13.8 Å². The fraction of sp³-hybridized carbons (Fsp3) is 0.269. The van der Waals surface area contributed by atoms with E-state index in [1.54, 1.807) is 54.6 Å². The number of rotatable bonds is 6. The second-order valence-electron chi connectivity index (χ2n) is 8.06. The molecule has 3 aromatic rings. The Bertz CT molecular complexity index is 975. The number of carboxylic acid groups (broad SMARTS) is 1. The minimum atomic E-state index is -4.37. The molecule has 0 heterocycles. The van der Waals surface area contributed by atoms with Crippen molar-refractivity contribution in [2.75, 3.05) is 0 Å². The van der Waals surface area contributed by atoms with Crippen LogP contribution in [0.1, 0.15) is 30.6 Å². The summed E-state index contributed by atoms with van der Waals surface area (Å²) in [4.78, 5) is 30.5. The van der Waals surface area contributed by atoms with Crippen LogP contribution in [0.5, 0.6) is 0 Å². The molecule has 0 spiro atoms. The van der Waals surface area contributed by atoms with Gasteiger partial charge in [0.05, 0.1) is 24.2 Å². The summed E-state index contributed by atoms with van der Waals surface area (Å²) in [7, 11) is -3.46. The van der Waals surface area contributed by atoms with E-state index in [2.05, 4.69) is 0 Å². The molecule has 3 aromatic carbocycles. The molecule has 0 aliphatic heterocycles. The van der Waals surface area contributed by atoms with E-state index >= 15 is 0 Å². The van der Waals surface area contributed by atoms with Crippen molar-refractivity contribution in [2.24, 2.45) is 5.92 Å². The van der Waals surface area contributed by atoms with Crippen LogP contribution in [0.4, 0.5) is 13.2 Å². The quantitative estimate of drug-likeness (QED) is 0.310. The Labute approximate surface area is 208 Å². The number of hydrogen-bond donors (Lipinski definition) is 5. The molecule has 0 fully saturated rings. The van der Waals surface area contributed by atoms with E-state index in [0.29, 0.717) is 16.2 Å². The summed E-state index contributed by atoms with van der Waals surface area (Å²) in [6.07, 6.45) is -8.09. The molecule has 0 aliphatic carbocycles. The van der Waals surface area contributed by atoms with E-state index in [-0.39, 0.29) is 0 Å². The Hall–Kier alpha value is -2.81. The first-order chi connectivity index (χ1) is 16.8. The summed E-state index contributed by atoms with van der Waals surface area (Å²) in [5, 5.41) is 27.4. The van der Waals surface area contributed by atoms with Crippen molar-refractivity contribution < 1.29 is 43.1 Å². The number of aromatic carboxylic acids is 1. The molecular weight excluding hydrogens is 496 g/mol. The Morgan fingerprint density at radius 2 is 1.14 bits per heavy atom. The van der Waals surface area contributed by atoms with Gasteiger partial charge in [-0.2, -0.15) is 13.2 Å². The van der Waals surface area contributed by atoms with Gasteiger partial charge in [0.15, 0.2) is 0 Å². The van der Waals surface area contributed by atoms with Gasteiger partial charge >= 0.3 is 101 Å². The molecule has 0 bridgehead atoms. The maximum absolute atomic E-state index is 11.7. The standard InChI is InChI=1S/C12H13O2P.C7H13F3O2.C7H6O2/c13-15(14,11-7-3-1-4-8-11)12-9-5-2-6-10-12;1-4(5(2)11)6(12)3-7(8,9)10;8-7(9)6-4-2-1-3-5-6/h1-10,13-15H;4-6,11-12H,3H2,1-2H3;1-5H,(H,8,9). The molecular formula is C26H32F3O6P. The number of aliphatic hydroxyl groups excluding tert-OH is 2. The van der Waals surface area contributed by atoms with Crippen LogP contribution < -0.4 is 10.6 Å². The van der Waals surface area contributed by atoms with Gasteiger partial charge in [0.2, 0.25) is 0 Å². The Morgan fingerprint density at radius 1 is 0.778 bits per heavy atom. The molecule has 0 amide bonds. The molecule has 0 radical (unpaired) electrons. The first-order valence-electron chi connectivity index (χ1n) is 11.0. The zero-order valence-electron chi connectivity index (χ0n) is 19.9. The van der Waals surface area contributed by atoms with Crippen LogP contribution in [0.15, 0.2) is 91.0 Å². The number of aliphatic hydroxyl groups is 2. The second kappa shape index (κ2) is 14.7. The first-order valence-corrected chi connectivity index (χ1v) is 12.9. The number of alkyl halides is 3. The number of halogens is 3. The van der Waals surface area contributed by atoms with Crippen molar-refractivity contribution in [1.29, 1.82) is 0 Å². The normalized spacial score (nSPS) is 14.1. The van der Waals surface area contributed by atoms with Crippen LogP contribution in [0.3, 0.4) is 0 Å². The van der Waals surface area contributed by atoms with Gasteiger partial charge in [-0.3, -0.25) is 0 Å². The van der Waals surface area contributed by atoms with Crippen LogP contribution in [0, 0.1) is 5.92 Å². The van der Waals surface area contributed by atoms with Crippen LogP contribution in [-0.4, -0.2) is 49.5 Å². The Morgan fingerprint density at radius 3 is 1.42 bits per heavy atom. The molecule has 36 heavy (non-hydrogen) atoms. The zero-order valence-corrected chi connectivity index (χ0v) is 20.9. The van der Waals surface area contributed by atoms with Crippen LogP contribution in [0.2, 0.25) is 0 Å². The minimum absolute atomic E-state index is 0.331. The summed E-state index contributed by atoms with van der Waals surface area (Å²) in [5.41, 5.74) is 0.331. The SMILES string of the molecule is CC(O)C(C)C(O)CC(F)(F)F.O=C(O)c1ccccc1.O[PH](O)(c1ccccc1)c1ccccc1. The number of carbonyl (C=O) groups is 1. The summed E-state index contributed by atoms with van der Waals surface area (Å²) in [6.45, 7) is 2.73. The van der Waals surface area contributed by atoms with Gasteiger partial charge in [0.25, 0.3) is 0 Å². The van der Waals surface area contributed by atoms with E-state index in [9.17, 15) is 27.8 Å². The van der Waals surface area contributed by atoms with Gasteiger partial charge in [0.1, 0.15) is 0 Å². The Balaban J connectivity index is 0.000000280. The average molecular weight is 529 g/mol. The number of hydrogen-bond acceptors (Lipinski definition) is 5. The molecule has 6 nitrogen and oxygen atoms in total. The van der Waals surface area contributed by atoms with Crippen LogP contribution in [-0.2, 0) is 0 Å². The summed E-state index contributed by atoms with van der Waals surface area (Å²) < 4.78 is 35.1. The number of benzene rings is 3. The van der Waals surface area contributed by atoms with Gasteiger partial charge in [-0.1, -0.05) is 25.1 Å². The third kappa shape index (κ3) is 11.3. The number of carboxylic acids is 1. The molecule has 10 heteroatoms. The monoisotopic (exact) mass is 528 g/mol. The van der Waals surface area contributed by atoms with Gasteiger partial charge in [-0.15, -0.1) is 0 Å². The van der Waals surface area contributed by atoms with Crippen LogP contribution >= 0.6 is 7.72 Å². The van der Waals surface area contributed by atoms with Crippen molar-refractivity contribution in [2.45, 2.75) is 38.7 Å². The average Bonchev–Trinajstić information content (AvgIpc) is 2.85. The predicted octanol–water partition coefficient (Wildman–Crippen LogP) is 3.90. The molecule has 3 atom stereocenters. The van der Waals surface area contributed by atoms with Gasteiger partial charge in [0, 0.05) is 5.92 Å². The summed E-state index contributed by atoms with van der Waals surface area (Å²) >= 11 is 0. The van der Waals surface area contributed by atoms with Gasteiger partial charge < -0.3 is 15.3 Å². The van der Waals surface area contributed by atoms with E-state index in [1.807, 2.05) is 36.4 Å². The molecule has 3 unspecified atom stereocenters. The van der Waals surface area contributed by atoms with Crippen molar-refractivity contribution in [1.82, 2.24) is 0 Å². The van der Waals surface area contributed by atoms with Crippen molar-refractivity contribution in [3.63, 3.8) is 0 Å². The molecule has 198 valence electrons. The summed E-state index contributed by atoms with van der Waals surface area (Å²) in [5.74, 6) is -1.64. The van der Waals surface area contributed by atoms with Crippen LogP contribution in [0.25, 0.3) is 0 Å². The fourth-order valence-electron chi connectivity index (χ4n) is 2.83.